The number of carbonyl (C=O) groups excluding carboxylic acids is 3. The second-order valence-electron chi connectivity index (χ2n) is 6.81. The van der Waals surface area contributed by atoms with E-state index in [1.807, 2.05) is 0 Å². The van der Waals surface area contributed by atoms with Crippen LogP contribution in [0, 0.1) is 0 Å². The number of anilines is 1. The van der Waals surface area contributed by atoms with Gasteiger partial charge >= 0.3 is 5.97 Å². The number of hydrazone groups is 1. The van der Waals surface area contributed by atoms with Crippen molar-refractivity contribution in [3.63, 3.8) is 0 Å². The fraction of sp³-hybridized carbons (Fsp3) is 0.0870. The Morgan fingerprint density at radius 1 is 1.15 bits per heavy atom. The van der Waals surface area contributed by atoms with E-state index in [9.17, 15) is 19.5 Å². The molecule has 0 aliphatic carbocycles. The summed E-state index contributed by atoms with van der Waals surface area (Å²) in [7, 11) is 0. The average Bonchev–Trinajstić information content (AvgIpc) is 3.26. The number of phenols is 1. The predicted octanol–water partition coefficient (Wildman–Crippen LogP) is 3.44. The Balaban J connectivity index is 1.69. The van der Waals surface area contributed by atoms with Crippen LogP contribution >= 0.6 is 24.0 Å². The lowest BCUT2D eigenvalue weighted by Gasteiger charge is -2.12. The van der Waals surface area contributed by atoms with Crippen LogP contribution in [0.4, 0.5) is 5.69 Å². The van der Waals surface area contributed by atoms with E-state index in [-0.39, 0.29) is 28.0 Å². The van der Waals surface area contributed by atoms with Gasteiger partial charge in [-0.25, -0.2) is 4.79 Å². The van der Waals surface area contributed by atoms with E-state index in [1.54, 1.807) is 55.5 Å². The SMILES string of the molecule is CCOC(=O)C1=NN(c2ccccc2)C(=O)C1=CN1C(=O)/C(=C/c2cccc(O)c2)SC1=S. The number of esters is 1. The first kappa shape index (κ1) is 22.4. The van der Waals surface area contributed by atoms with Crippen molar-refractivity contribution >= 4 is 63.6 Å². The first-order valence-electron chi connectivity index (χ1n) is 9.82. The van der Waals surface area contributed by atoms with Crippen LogP contribution in [0.25, 0.3) is 6.08 Å². The van der Waals surface area contributed by atoms with Crippen molar-refractivity contribution in [3.8, 4) is 5.75 Å². The van der Waals surface area contributed by atoms with Crippen molar-refractivity contribution in [1.82, 2.24) is 4.90 Å². The van der Waals surface area contributed by atoms with E-state index < -0.39 is 17.8 Å². The highest BCUT2D eigenvalue weighted by Crippen LogP contribution is 2.34. The highest BCUT2D eigenvalue weighted by molar-refractivity contribution is 8.26. The summed E-state index contributed by atoms with van der Waals surface area (Å²) in [5.74, 6) is -1.77. The Morgan fingerprint density at radius 2 is 1.91 bits per heavy atom. The maximum atomic E-state index is 13.1. The topological polar surface area (TPSA) is 99.5 Å². The van der Waals surface area contributed by atoms with Gasteiger partial charge in [0, 0.05) is 6.20 Å². The van der Waals surface area contributed by atoms with Crippen LogP contribution in [0.15, 0.2) is 76.4 Å². The molecule has 1 saturated heterocycles. The number of hydrogen-bond donors (Lipinski definition) is 1. The zero-order chi connectivity index (χ0) is 23.5. The van der Waals surface area contributed by atoms with Gasteiger partial charge in [0.15, 0.2) is 10.0 Å². The van der Waals surface area contributed by atoms with Gasteiger partial charge in [-0.3, -0.25) is 14.5 Å². The number of ether oxygens (including phenoxy) is 1. The van der Waals surface area contributed by atoms with Crippen molar-refractivity contribution in [2.24, 2.45) is 5.10 Å². The highest BCUT2D eigenvalue weighted by Gasteiger charge is 2.39. The molecule has 0 unspecified atom stereocenters. The van der Waals surface area contributed by atoms with Crippen molar-refractivity contribution in [2.45, 2.75) is 6.92 Å². The quantitative estimate of drug-likeness (QED) is 0.398. The third kappa shape index (κ3) is 4.57. The number of benzene rings is 2. The zero-order valence-electron chi connectivity index (χ0n) is 17.3. The summed E-state index contributed by atoms with van der Waals surface area (Å²) in [4.78, 5) is 40.1. The molecule has 4 rings (SSSR count). The maximum Gasteiger partial charge on any atom is 0.359 e. The molecule has 2 heterocycles. The molecule has 0 aromatic heterocycles. The molecule has 10 heteroatoms. The van der Waals surface area contributed by atoms with Crippen LogP contribution in [0.2, 0.25) is 0 Å². The first-order valence-corrected chi connectivity index (χ1v) is 11.0. The summed E-state index contributed by atoms with van der Waals surface area (Å²) in [6, 6.07) is 15.0. The fourth-order valence-electron chi connectivity index (χ4n) is 3.11. The maximum absolute atomic E-state index is 13.1. The molecule has 0 saturated carbocycles. The minimum Gasteiger partial charge on any atom is -0.508 e. The van der Waals surface area contributed by atoms with Crippen molar-refractivity contribution in [2.75, 3.05) is 11.6 Å². The molecule has 33 heavy (non-hydrogen) atoms. The van der Waals surface area contributed by atoms with Crippen LogP contribution < -0.4 is 5.01 Å². The first-order chi connectivity index (χ1) is 15.9. The van der Waals surface area contributed by atoms with Crippen molar-refractivity contribution in [1.29, 1.82) is 0 Å². The lowest BCUT2D eigenvalue weighted by Crippen LogP contribution is -2.28. The van der Waals surface area contributed by atoms with Crippen molar-refractivity contribution in [3.05, 3.63) is 76.8 Å². The Kier molecular flexibility index (Phi) is 6.38. The van der Waals surface area contributed by atoms with Gasteiger partial charge < -0.3 is 9.84 Å². The molecule has 0 atom stereocenters. The number of rotatable bonds is 5. The van der Waals surface area contributed by atoms with Gasteiger partial charge in [-0.2, -0.15) is 10.1 Å². The molecule has 8 nitrogen and oxygen atoms in total. The van der Waals surface area contributed by atoms with Gasteiger partial charge in [-0.05, 0) is 42.8 Å². The molecule has 2 aromatic carbocycles. The summed E-state index contributed by atoms with van der Waals surface area (Å²) in [5.41, 5.74) is 0.759. The Hall–Kier alpha value is -3.76. The number of thiocarbonyl (C=S) groups is 1. The number of phenolic OH excluding ortho intramolecular Hbond substituents is 1. The summed E-state index contributed by atoms with van der Waals surface area (Å²) >= 11 is 6.39. The zero-order valence-corrected chi connectivity index (χ0v) is 18.9. The summed E-state index contributed by atoms with van der Waals surface area (Å²) < 4.78 is 5.24. The molecule has 0 radical (unpaired) electrons. The van der Waals surface area contributed by atoms with E-state index >= 15 is 0 Å². The highest BCUT2D eigenvalue weighted by atomic mass is 32.2. The average molecular weight is 480 g/mol. The van der Waals surface area contributed by atoms with Crippen LogP contribution in [-0.4, -0.2) is 44.4 Å². The van der Waals surface area contributed by atoms with Gasteiger partial charge in [0.1, 0.15) is 5.75 Å². The normalized spacial score (nSPS) is 18.5. The lowest BCUT2D eigenvalue weighted by molar-refractivity contribution is -0.135. The third-order valence-electron chi connectivity index (χ3n) is 4.60. The number of aromatic hydroxyl groups is 1. The Bertz CT molecular complexity index is 1250. The fourth-order valence-corrected chi connectivity index (χ4v) is 4.32. The van der Waals surface area contributed by atoms with E-state index in [0.29, 0.717) is 16.2 Å². The van der Waals surface area contributed by atoms with Gasteiger partial charge in [-0.1, -0.05) is 54.3 Å². The summed E-state index contributed by atoms with van der Waals surface area (Å²) in [5, 5.41) is 14.9. The van der Waals surface area contributed by atoms with Gasteiger partial charge in [0.05, 0.1) is 22.8 Å². The molecule has 0 bridgehead atoms. The summed E-state index contributed by atoms with van der Waals surface area (Å²) in [6.07, 6.45) is 2.81. The second kappa shape index (κ2) is 9.39. The molecule has 2 aromatic rings. The number of nitrogens with zero attached hydrogens (tertiary/aromatic N) is 3. The van der Waals surface area contributed by atoms with Crippen LogP contribution in [0.1, 0.15) is 12.5 Å². The Morgan fingerprint density at radius 3 is 2.61 bits per heavy atom. The largest absolute Gasteiger partial charge is 0.508 e. The molecule has 2 amide bonds. The van der Waals surface area contributed by atoms with E-state index in [4.69, 9.17) is 17.0 Å². The molecule has 2 aliphatic rings. The smallest absolute Gasteiger partial charge is 0.359 e. The summed E-state index contributed by atoms with van der Waals surface area (Å²) in [6.45, 7) is 1.74. The lowest BCUT2D eigenvalue weighted by atomic mass is 10.1. The number of amides is 2. The Labute approximate surface area is 198 Å². The van der Waals surface area contributed by atoms with Gasteiger partial charge in [0.25, 0.3) is 11.8 Å². The van der Waals surface area contributed by atoms with Crippen molar-refractivity contribution < 1.29 is 24.2 Å². The number of carbonyl (C=O) groups is 3. The number of para-hydroxylation sites is 1. The molecule has 2 aliphatic heterocycles. The number of hydrogen-bond acceptors (Lipinski definition) is 8. The van der Waals surface area contributed by atoms with E-state index in [2.05, 4.69) is 5.10 Å². The molecule has 166 valence electrons. The second-order valence-corrected chi connectivity index (χ2v) is 8.49. The van der Waals surface area contributed by atoms with Crippen LogP contribution in [0.5, 0.6) is 5.75 Å². The minimum absolute atomic E-state index is 0.0641. The molecule has 1 N–H and O–H groups in total. The predicted molar refractivity (Wildman–Crippen MR) is 129 cm³/mol. The molecular formula is C23H17N3O5S2. The third-order valence-corrected chi connectivity index (χ3v) is 5.93. The van der Waals surface area contributed by atoms with E-state index in [0.717, 1.165) is 21.7 Å². The van der Waals surface area contributed by atoms with Gasteiger partial charge in [0.2, 0.25) is 0 Å². The molecular weight excluding hydrogens is 462 g/mol. The molecule has 0 spiro atoms. The van der Waals surface area contributed by atoms with Gasteiger partial charge in [-0.15, -0.1) is 0 Å². The minimum atomic E-state index is -0.781. The van der Waals surface area contributed by atoms with E-state index in [1.165, 1.54) is 18.3 Å². The number of thioether (sulfide) groups is 1. The van der Waals surface area contributed by atoms with Crippen LogP contribution in [0.3, 0.4) is 0 Å². The molecule has 1 fully saturated rings. The van der Waals surface area contributed by atoms with Crippen LogP contribution in [-0.2, 0) is 19.1 Å². The monoisotopic (exact) mass is 479 g/mol. The standard InChI is InChI=1S/C23H17N3O5S2/c1-2-31-22(30)19-17(20(28)26(24-19)15-8-4-3-5-9-15)13-25-21(29)18(33-23(25)32)12-14-7-6-10-16(27)11-14/h3-13,27H,2H2,1H3/b17-13?,18-12-.